The number of carbonyl (C=O) groups excluding carboxylic acids is 1. The van der Waals surface area contributed by atoms with Crippen LogP contribution in [0.3, 0.4) is 0 Å². The van der Waals surface area contributed by atoms with Crippen LogP contribution in [0.15, 0.2) is 0 Å². The summed E-state index contributed by atoms with van der Waals surface area (Å²) in [5.41, 5.74) is 0. The van der Waals surface area contributed by atoms with Crippen molar-refractivity contribution in [2.45, 2.75) is 13.0 Å². The summed E-state index contributed by atoms with van der Waals surface area (Å²) in [5, 5.41) is 0. The molecule has 0 aliphatic rings. The van der Waals surface area contributed by atoms with E-state index in [-0.39, 0.29) is 5.97 Å². The minimum Gasteiger partial charge on any atom is -0.527 e. The molecule has 0 N–H and O–H groups in total. The van der Waals surface area contributed by atoms with Crippen LogP contribution in [0, 0.1) is 0 Å². The summed E-state index contributed by atoms with van der Waals surface area (Å²) < 4.78 is 9.13. The summed E-state index contributed by atoms with van der Waals surface area (Å²) in [6.45, 7) is 1.65. The first-order valence-electron chi connectivity index (χ1n) is 2.33. The van der Waals surface area contributed by atoms with E-state index in [1.165, 1.54) is 7.11 Å². The Hall–Kier alpha value is -0.353. The molecule has 0 aromatic rings. The molecule has 0 spiro atoms. The fourth-order valence-corrected chi connectivity index (χ4v) is 0.594. The number of methoxy groups -OCH3 is 1. The van der Waals surface area contributed by atoms with Gasteiger partial charge >= 0.3 is 5.97 Å². The van der Waals surface area contributed by atoms with E-state index in [2.05, 4.69) is 9.16 Å². The molecule has 0 aliphatic carbocycles. The van der Waals surface area contributed by atoms with E-state index in [4.69, 9.17) is 0 Å². The van der Waals surface area contributed by atoms with Crippen molar-refractivity contribution in [3.05, 3.63) is 0 Å². The Bertz CT molecular complexity index is 83.4. The smallest absolute Gasteiger partial charge is 0.320 e. The van der Waals surface area contributed by atoms with Gasteiger partial charge in [-0.25, -0.2) is 0 Å². The van der Waals surface area contributed by atoms with Gasteiger partial charge in [-0.2, -0.15) is 0 Å². The lowest BCUT2D eigenvalue weighted by atomic mass is 10.4. The van der Waals surface area contributed by atoms with Crippen molar-refractivity contribution in [1.82, 2.24) is 0 Å². The van der Waals surface area contributed by atoms with Gasteiger partial charge in [0.25, 0.3) is 0 Å². The molecule has 8 heavy (non-hydrogen) atoms. The van der Waals surface area contributed by atoms with Gasteiger partial charge in [0, 0.05) is 7.11 Å². The van der Waals surface area contributed by atoms with Crippen LogP contribution < -0.4 is 0 Å². The first kappa shape index (κ1) is 7.65. The van der Waals surface area contributed by atoms with Crippen molar-refractivity contribution < 1.29 is 14.0 Å². The van der Waals surface area contributed by atoms with E-state index in [9.17, 15) is 4.79 Å². The molecule has 0 radical (unpaired) electrons. The van der Waals surface area contributed by atoms with Gasteiger partial charge in [-0.15, -0.1) is 0 Å². The molecule has 3 nitrogen and oxygen atoms in total. The molecule has 0 heterocycles. The van der Waals surface area contributed by atoms with Crippen LogP contribution in [0.4, 0.5) is 0 Å². The fraction of sp³-hybridized carbons (Fsp3) is 0.750. The molecule has 4 heteroatoms. The van der Waals surface area contributed by atoms with Gasteiger partial charge in [-0.3, -0.25) is 4.79 Å². The van der Waals surface area contributed by atoms with Crippen molar-refractivity contribution in [3.63, 3.8) is 0 Å². The summed E-state index contributed by atoms with van der Waals surface area (Å²) in [4.78, 5) is 10.4. The molecular weight excluding hydrogens is 124 g/mol. The highest BCUT2D eigenvalue weighted by molar-refractivity contribution is 6.06. The Kier molecular flexibility index (Phi) is 3.46. The molecule has 0 aromatic carbocycles. The second-order valence-electron chi connectivity index (χ2n) is 1.40. The van der Waals surface area contributed by atoms with Gasteiger partial charge in [0.2, 0.25) is 10.5 Å². The summed E-state index contributed by atoms with van der Waals surface area (Å²) in [7, 11) is 1.92. The highest BCUT2D eigenvalue weighted by Gasteiger charge is 2.08. The van der Waals surface area contributed by atoms with E-state index in [0.29, 0.717) is 10.5 Å². The summed E-state index contributed by atoms with van der Waals surface area (Å²) in [6, 6.07) is 0. The monoisotopic (exact) mass is 134 g/mol. The van der Waals surface area contributed by atoms with Crippen molar-refractivity contribution in [2.24, 2.45) is 0 Å². The minimum absolute atomic E-state index is 0.279. The van der Waals surface area contributed by atoms with Crippen molar-refractivity contribution >= 4 is 16.5 Å². The first-order chi connectivity index (χ1) is 3.72. The zero-order chi connectivity index (χ0) is 6.57. The van der Waals surface area contributed by atoms with Crippen LogP contribution in [0.25, 0.3) is 0 Å². The molecule has 0 saturated heterocycles. The number of hydrogen-bond donors (Lipinski definition) is 0. The molecular formula is C4H10O3Si. The average Bonchev–Trinajstić information content (AvgIpc) is 1.84. The largest absolute Gasteiger partial charge is 0.527 e. The molecule has 1 unspecified atom stereocenters. The predicted octanol–water partition coefficient (Wildman–Crippen LogP) is -1.16. The number of carbonyl (C=O) groups is 1. The Morgan fingerprint density at radius 1 is 1.75 bits per heavy atom. The van der Waals surface area contributed by atoms with Crippen LogP contribution in [0.2, 0.25) is 0 Å². The number of rotatable bonds is 2. The first-order valence-corrected chi connectivity index (χ1v) is 3.14. The molecule has 0 fully saturated rings. The third kappa shape index (κ3) is 2.09. The van der Waals surface area contributed by atoms with Crippen LogP contribution >= 0.6 is 0 Å². The van der Waals surface area contributed by atoms with Crippen molar-refractivity contribution in [1.29, 1.82) is 0 Å². The summed E-state index contributed by atoms with van der Waals surface area (Å²) >= 11 is 0. The molecule has 0 bridgehead atoms. The molecule has 0 aliphatic heterocycles. The van der Waals surface area contributed by atoms with Crippen LogP contribution in [-0.2, 0) is 14.0 Å². The molecule has 0 rings (SSSR count). The summed E-state index contributed by atoms with van der Waals surface area (Å²) in [6.07, 6.45) is -0.410. The number of hydrogen-bond acceptors (Lipinski definition) is 3. The SMILES string of the molecule is COC(C)C(=O)O[SiH3]. The second-order valence-corrected chi connectivity index (χ2v) is 1.81. The van der Waals surface area contributed by atoms with Gasteiger partial charge in [0.1, 0.15) is 0 Å². The highest BCUT2D eigenvalue weighted by Crippen LogP contribution is 1.87. The Morgan fingerprint density at radius 3 is 2.38 bits per heavy atom. The Morgan fingerprint density at radius 2 is 2.25 bits per heavy atom. The van der Waals surface area contributed by atoms with Crippen LogP contribution in [-0.4, -0.2) is 29.7 Å². The molecule has 0 aromatic heterocycles. The quantitative estimate of drug-likeness (QED) is 0.447. The average molecular weight is 134 g/mol. The van der Waals surface area contributed by atoms with E-state index >= 15 is 0 Å². The number of ether oxygens (including phenoxy) is 1. The van der Waals surface area contributed by atoms with E-state index in [1.54, 1.807) is 6.92 Å². The van der Waals surface area contributed by atoms with Crippen LogP contribution in [0.1, 0.15) is 6.92 Å². The lowest BCUT2D eigenvalue weighted by Crippen LogP contribution is -2.20. The topological polar surface area (TPSA) is 35.5 Å². The molecule has 0 amide bonds. The fourth-order valence-electron chi connectivity index (χ4n) is 0.262. The lowest BCUT2D eigenvalue weighted by molar-refractivity contribution is -0.144. The zero-order valence-corrected chi connectivity index (χ0v) is 7.30. The standard InChI is InChI=1S/C4H10O3Si/c1-3(6-2)4(5)7-8/h3H,1-2,8H3. The van der Waals surface area contributed by atoms with Gasteiger partial charge in [-0.05, 0) is 6.92 Å². The predicted molar refractivity (Wildman–Crippen MR) is 32.5 cm³/mol. The normalized spacial score (nSPS) is 13.2. The molecule has 0 saturated carbocycles. The van der Waals surface area contributed by atoms with E-state index in [1.807, 2.05) is 0 Å². The maximum atomic E-state index is 10.4. The van der Waals surface area contributed by atoms with Crippen molar-refractivity contribution in [3.8, 4) is 0 Å². The summed E-state index contributed by atoms with van der Waals surface area (Å²) in [5.74, 6) is -0.279. The van der Waals surface area contributed by atoms with Crippen molar-refractivity contribution in [2.75, 3.05) is 7.11 Å². The van der Waals surface area contributed by atoms with Crippen LogP contribution in [0.5, 0.6) is 0 Å². The van der Waals surface area contributed by atoms with E-state index < -0.39 is 6.10 Å². The van der Waals surface area contributed by atoms with Gasteiger partial charge < -0.3 is 9.16 Å². The molecule has 1 atom stereocenters. The second kappa shape index (κ2) is 3.62. The van der Waals surface area contributed by atoms with Gasteiger partial charge in [-0.1, -0.05) is 0 Å². The zero-order valence-electron chi connectivity index (χ0n) is 5.30. The Balaban J connectivity index is 3.46. The maximum absolute atomic E-state index is 10.4. The highest BCUT2D eigenvalue weighted by atomic mass is 28.2. The van der Waals surface area contributed by atoms with E-state index in [0.717, 1.165) is 0 Å². The van der Waals surface area contributed by atoms with Gasteiger partial charge in [0.05, 0.1) is 0 Å². The lowest BCUT2D eigenvalue weighted by Gasteiger charge is -2.04. The Labute approximate surface area is 51.5 Å². The third-order valence-electron chi connectivity index (χ3n) is 0.887. The van der Waals surface area contributed by atoms with Gasteiger partial charge in [0.15, 0.2) is 6.10 Å². The maximum Gasteiger partial charge on any atom is 0.320 e. The third-order valence-corrected chi connectivity index (χ3v) is 1.29. The minimum atomic E-state index is -0.410. The molecule has 48 valence electrons.